The first-order chi connectivity index (χ1) is 12.9. The number of hydrogen-bond donors (Lipinski definition) is 0. The molecule has 1 aliphatic heterocycles. The Morgan fingerprint density at radius 1 is 0.704 bits per heavy atom. The quantitative estimate of drug-likeness (QED) is 0.708. The molecule has 3 rings (SSSR count). The maximum Gasteiger partial charge on any atom is 0.163 e. The van der Waals surface area contributed by atoms with Gasteiger partial charge in [0.25, 0.3) is 0 Å². The van der Waals surface area contributed by atoms with Crippen molar-refractivity contribution in [2.75, 3.05) is 27.2 Å². The lowest BCUT2D eigenvalue weighted by atomic mass is 10.1. The fraction of sp³-hybridized carbons (Fsp3) is 0.478. The predicted molar refractivity (Wildman–Crippen MR) is 109 cm³/mol. The molecule has 2 aromatic carbocycles. The summed E-state index contributed by atoms with van der Waals surface area (Å²) < 4.78 is 12.5. The number of hydrogen-bond acceptors (Lipinski definition) is 4. The van der Waals surface area contributed by atoms with Gasteiger partial charge in [0.15, 0.2) is 5.79 Å². The molecule has 0 bridgehead atoms. The molecule has 2 atom stereocenters. The van der Waals surface area contributed by atoms with Crippen molar-refractivity contribution in [1.29, 1.82) is 0 Å². The molecule has 0 radical (unpaired) electrons. The van der Waals surface area contributed by atoms with Gasteiger partial charge in [0.05, 0.1) is 0 Å². The second-order valence-electron chi connectivity index (χ2n) is 8.08. The van der Waals surface area contributed by atoms with Gasteiger partial charge >= 0.3 is 0 Å². The van der Waals surface area contributed by atoms with E-state index in [1.807, 2.05) is 13.8 Å². The van der Waals surface area contributed by atoms with Crippen molar-refractivity contribution in [2.24, 2.45) is 0 Å². The summed E-state index contributed by atoms with van der Waals surface area (Å²) >= 11 is 0. The Balaban J connectivity index is 1.57. The zero-order valence-electron chi connectivity index (χ0n) is 17.0. The van der Waals surface area contributed by atoms with Gasteiger partial charge in [-0.25, -0.2) is 0 Å². The van der Waals surface area contributed by atoms with Crippen molar-refractivity contribution >= 4 is 0 Å². The molecule has 0 unspecified atom stereocenters. The summed E-state index contributed by atoms with van der Waals surface area (Å²) in [6.45, 7) is 7.54. The van der Waals surface area contributed by atoms with Gasteiger partial charge in [0, 0.05) is 26.2 Å². The average Bonchev–Trinajstić information content (AvgIpc) is 2.89. The lowest BCUT2D eigenvalue weighted by Crippen LogP contribution is -2.41. The fourth-order valence-electron chi connectivity index (χ4n) is 3.75. The highest BCUT2D eigenvalue weighted by Gasteiger charge is 2.41. The zero-order valence-corrected chi connectivity index (χ0v) is 17.0. The summed E-state index contributed by atoms with van der Waals surface area (Å²) in [7, 11) is 4.29. The number of rotatable bonds is 8. The minimum atomic E-state index is -0.531. The number of likely N-dealkylation sites (N-methyl/N-ethyl adjacent to an activating group) is 2. The Labute approximate surface area is 163 Å². The normalized spacial score (nSPS) is 21.9. The topological polar surface area (TPSA) is 24.9 Å². The van der Waals surface area contributed by atoms with Crippen molar-refractivity contribution in [3.63, 3.8) is 0 Å². The monoisotopic (exact) mass is 368 g/mol. The fourth-order valence-corrected chi connectivity index (χ4v) is 3.75. The van der Waals surface area contributed by atoms with Crippen LogP contribution in [0, 0.1) is 0 Å². The molecule has 0 amide bonds. The molecule has 1 fully saturated rings. The molecule has 4 heteroatoms. The second-order valence-corrected chi connectivity index (χ2v) is 8.08. The molecular weight excluding hydrogens is 336 g/mol. The van der Waals surface area contributed by atoms with E-state index in [1.54, 1.807) is 0 Å². The molecule has 1 aliphatic rings. The van der Waals surface area contributed by atoms with Crippen LogP contribution in [0.4, 0.5) is 0 Å². The molecule has 0 aliphatic carbocycles. The van der Waals surface area contributed by atoms with Gasteiger partial charge in [-0.15, -0.1) is 0 Å². The molecule has 1 heterocycles. The third kappa shape index (κ3) is 6.15. The first-order valence-corrected chi connectivity index (χ1v) is 9.72. The van der Waals surface area contributed by atoms with Crippen LogP contribution in [-0.2, 0) is 22.6 Å². The van der Waals surface area contributed by atoms with Crippen molar-refractivity contribution in [2.45, 2.75) is 44.9 Å². The van der Waals surface area contributed by atoms with E-state index in [1.165, 1.54) is 11.1 Å². The third-order valence-electron chi connectivity index (χ3n) is 4.86. The molecule has 27 heavy (non-hydrogen) atoms. The number of benzene rings is 2. The minimum Gasteiger partial charge on any atom is -0.343 e. The van der Waals surface area contributed by atoms with Crippen LogP contribution in [-0.4, -0.2) is 55.0 Å². The number of ether oxygens (including phenoxy) is 2. The van der Waals surface area contributed by atoms with Crippen LogP contribution in [0.3, 0.4) is 0 Å². The Morgan fingerprint density at radius 2 is 1.07 bits per heavy atom. The zero-order chi connectivity index (χ0) is 19.3. The molecule has 0 N–H and O–H groups in total. The maximum absolute atomic E-state index is 6.23. The Morgan fingerprint density at radius 3 is 1.44 bits per heavy atom. The molecule has 1 saturated heterocycles. The maximum atomic E-state index is 6.23. The second kappa shape index (κ2) is 8.98. The van der Waals surface area contributed by atoms with Gasteiger partial charge in [0.2, 0.25) is 0 Å². The van der Waals surface area contributed by atoms with Crippen LogP contribution >= 0.6 is 0 Å². The van der Waals surface area contributed by atoms with Gasteiger partial charge in [-0.1, -0.05) is 60.7 Å². The summed E-state index contributed by atoms with van der Waals surface area (Å²) in [5.41, 5.74) is 2.63. The molecular formula is C23H32N2O2. The van der Waals surface area contributed by atoms with Crippen LogP contribution in [0.15, 0.2) is 60.7 Å². The highest BCUT2D eigenvalue weighted by atomic mass is 16.8. The molecule has 0 aromatic heterocycles. The van der Waals surface area contributed by atoms with Crippen LogP contribution in [0.2, 0.25) is 0 Å². The molecule has 4 nitrogen and oxygen atoms in total. The van der Waals surface area contributed by atoms with Crippen LogP contribution in [0.5, 0.6) is 0 Å². The summed E-state index contributed by atoms with van der Waals surface area (Å²) in [5, 5.41) is 0. The molecule has 2 aromatic rings. The first kappa shape index (κ1) is 20.0. The van der Waals surface area contributed by atoms with Gasteiger partial charge in [-0.05, 0) is 39.1 Å². The van der Waals surface area contributed by atoms with Crippen molar-refractivity contribution < 1.29 is 9.47 Å². The van der Waals surface area contributed by atoms with E-state index < -0.39 is 5.79 Å². The smallest absolute Gasteiger partial charge is 0.163 e. The molecule has 0 spiro atoms. The van der Waals surface area contributed by atoms with Gasteiger partial charge < -0.3 is 9.47 Å². The summed E-state index contributed by atoms with van der Waals surface area (Å²) in [4.78, 5) is 4.63. The SMILES string of the molecule is CN(Cc1ccccc1)C[C@@H]1OC(C)(C)O[C@H]1CN(C)Cc1ccccc1. The van der Waals surface area contributed by atoms with E-state index in [0.717, 1.165) is 26.2 Å². The largest absolute Gasteiger partial charge is 0.343 e. The molecule has 146 valence electrons. The van der Waals surface area contributed by atoms with E-state index >= 15 is 0 Å². The highest BCUT2D eigenvalue weighted by molar-refractivity contribution is 5.15. The predicted octanol–water partition coefficient (Wildman–Crippen LogP) is 3.77. The standard InChI is InChI=1S/C23H32N2O2/c1-23(2)26-21(17-24(3)15-19-11-7-5-8-12-19)22(27-23)18-25(4)16-20-13-9-6-10-14-20/h5-14,21-22H,15-18H2,1-4H3/t21-,22-/m0/s1. The summed E-state index contributed by atoms with van der Waals surface area (Å²) in [6, 6.07) is 21.1. The van der Waals surface area contributed by atoms with Crippen LogP contribution in [0.1, 0.15) is 25.0 Å². The van der Waals surface area contributed by atoms with E-state index in [0.29, 0.717) is 0 Å². The van der Waals surface area contributed by atoms with E-state index in [9.17, 15) is 0 Å². The van der Waals surface area contributed by atoms with Crippen molar-refractivity contribution in [3.8, 4) is 0 Å². The van der Waals surface area contributed by atoms with E-state index in [2.05, 4.69) is 84.6 Å². The van der Waals surface area contributed by atoms with Crippen molar-refractivity contribution in [3.05, 3.63) is 71.8 Å². The average molecular weight is 369 g/mol. The van der Waals surface area contributed by atoms with Gasteiger partial charge in [-0.2, -0.15) is 0 Å². The Hall–Kier alpha value is -1.72. The lowest BCUT2D eigenvalue weighted by Gasteiger charge is -2.26. The highest BCUT2D eigenvalue weighted by Crippen LogP contribution is 2.29. The Kier molecular flexibility index (Phi) is 6.66. The van der Waals surface area contributed by atoms with Gasteiger partial charge in [0.1, 0.15) is 12.2 Å². The third-order valence-corrected chi connectivity index (χ3v) is 4.86. The van der Waals surface area contributed by atoms with E-state index in [-0.39, 0.29) is 12.2 Å². The van der Waals surface area contributed by atoms with Gasteiger partial charge in [-0.3, -0.25) is 9.80 Å². The first-order valence-electron chi connectivity index (χ1n) is 9.72. The minimum absolute atomic E-state index is 0.0620. The Bertz CT molecular complexity index is 631. The summed E-state index contributed by atoms with van der Waals surface area (Å²) in [5.74, 6) is -0.531. The van der Waals surface area contributed by atoms with Crippen LogP contribution < -0.4 is 0 Å². The summed E-state index contributed by atoms with van der Waals surface area (Å²) in [6.07, 6.45) is 0.124. The van der Waals surface area contributed by atoms with E-state index in [4.69, 9.17) is 9.47 Å². The lowest BCUT2D eigenvalue weighted by molar-refractivity contribution is -0.148. The number of nitrogens with zero attached hydrogens (tertiary/aromatic N) is 2. The van der Waals surface area contributed by atoms with Crippen LogP contribution in [0.25, 0.3) is 0 Å². The molecule has 0 saturated carbocycles. The van der Waals surface area contributed by atoms with Crippen molar-refractivity contribution in [1.82, 2.24) is 9.80 Å².